The molecule has 2 aliphatic rings. The number of nitrogens with one attached hydrogen (secondary N) is 1. The van der Waals surface area contributed by atoms with Gasteiger partial charge in [0.15, 0.2) is 0 Å². The van der Waals surface area contributed by atoms with Crippen LogP contribution in [0, 0.1) is 0 Å². The number of allylic oxidation sites excluding steroid dienone is 2. The molecule has 1 aliphatic carbocycles. The molecule has 0 fully saturated rings. The predicted octanol–water partition coefficient (Wildman–Crippen LogP) is -0.0404. The molecule has 0 amide bonds. The summed E-state index contributed by atoms with van der Waals surface area (Å²) >= 11 is 0. The molecule has 0 spiro atoms. The Balaban J connectivity index is 2.33. The minimum atomic E-state index is 0.162. The number of hydrazone groups is 1. The van der Waals surface area contributed by atoms with Crippen LogP contribution in [0.2, 0.25) is 0 Å². The van der Waals surface area contributed by atoms with Crippen LogP contribution in [0.5, 0.6) is 0 Å². The third kappa shape index (κ3) is 0.658. The van der Waals surface area contributed by atoms with Gasteiger partial charge < -0.3 is 0 Å². The third-order valence-corrected chi connectivity index (χ3v) is 1.35. The van der Waals surface area contributed by atoms with Crippen LogP contribution in [0.15, 0.2) is 29.4 Å². The lowest BCUT2D eigenvalue weighted by molar-refractivity contribution is 0.593. The minimum Gasteiger partial charge on any atom is -0.223 e. The van der Waals surface area contributed by atoms with E-state index in [1.54, 1.807) is 0 Å². The van der Waals surface area contributed by atoms with Crippen LogP contribution in [-0.4, -0.2) is 11.8 Å². The first-order valence-corrected chi connectivity index (χ1v) is 2.84. The molecule has 0 aromatic heterocycles. The van der Waals surface area contributed by atoms with E-state index in [2.05, 4.69) is 16.1 Å². The van der Waals surface area contributed by atoms with Gasteiger partial charge in [-0.3, -0.25) is 0 Å². The molecule has 1 atom stereocenters. The second kappa shape index (κ2) is 1.70. The average molecular weight is 120 g/mol. The van der Waals surface area contributed by atoms with Crippen molar-refractivity contribution in [3.05, 3.63) is 24.3 Å². The van der Waals surface area contributed by atoms with Gasteiger partial charge in [-0.15, -0.1) is 5.43 Å². The lowest BCUT2D eigenvalue weighted by atomic mass is 10.1. The molecule has 1 unspecified atom stereocenters. The molecule has 0 aromatic carbocycles. The first kappa shape index (κ1) is 4.76. The predicted molar refractivity (Wildman–Crippen MR) is 34.8 cm³/mol. The van der Waals surface area contributed by atoms with Crippen LogP contribution in [0.1, 0.15) is 0 Å². The van der Waals surface area contributed by atoms with Gasteiger partial charge >= 0.3 is 0 Å². The molecular weight excluding hydrogens is 114 g/mol. The fourth-order valence-electron chi connectivity index (χ4n) is 0.882. The van der Waals surface area contributed by atoms with Crippen molar-refractivity contribution >= 4 is 5.71 Å². The first-order valence-electron chi connectivity index (χ1n) is 2.84. The summed E-state index contributed by atoms with van der Waals surface area (Å²) in [6.45, 7) is 0. The lowest BCUT2D eigenvalue weighted by Gasteiger charge is -2.02. The van der Waals surface area contributed by atoms with E-state index in [0.717, 1.165) is 5.71 Å². The molecule has 0 saturated carbocycles. The van der Waals surface area contributed by atoms with Crippen molar-refractivity contribution in [3.63, 3.8) is 0 Å². The summed E-state index contributed by atoms with van der Waals surface area (Å²) in [5, 5.41) is 3.92. The number of nitrogens with zero attached hydrogens (tertiary/aromatic N) is 2. The van der Waals surface area contributed by atoms with Crippen molar-refractivity contribution in [2.24, 2.45) is 5.10 Å². The largest absolute Gasteiger partial charge is 0.223 e. The van der Waals surface area contributed by atoms with Crippen molar-refractivity contribution < 1.29 is 0 Å². The molecule has 3 nitrogen and oxygen atoms in total. The van der Waals surface area contributed by atoms with Gasteiger partial charge in [0.2, 0.25) is 0 Å². The molecule has 45 valence electrons. The monoisotopic (exact) mass is 120 g/mol. The maximum Gasteiger partial charge on any atom is 0.111 e. The molecule has 2 rings (SSSR count). The Kier molecular flexibility index (Phi) is 0.899. The molecule has 3 heteroatoms. The number of hydrogen-bond donors (Lipinski definition) is 1. The topological polar surface area (TPSA) is 38.5 Å². The Morgan fingerprint density at radius 3 is 3.33 bits per heavy atom. The van der Waals surface area contributed by atoms with Crippen molar-refractivity contribution in [2.75, 3.05) is 0 Å². The molecular formula is C6H6N3. The summed E-state index contributed by atoms with van der Waals surface area (Å²) in [5.41, 5.74) is 7.54. The van der Waals surface area contributed by atoms with Crippen LogP contribution >= 0.6 is 0 Å². The van der Waals surface area contributed by atoms with E-state index in [0.29, 0.717) is 0 Å². The van der Waals surface area contributed by atoms with Gasteiger partial charge in [0, 0.05) is 0 Å². The highest BCUT2D eigenvalue weighted by atomic mass is 15.6. The normalized spacial score (nSPS) is 29.3. The van der Waals surface area contributed by atoms with E-state index in [-0.39, 0.29) is 6.04 Å². The van der Waals surface area contributed by atoms with Gasteiger partial charge in [-0.05, 0) is 6.08 Å². The zero-order chi connectivity index (χ0) is 6.10. The Labute approximate surface area is 53.1 Å². The summed E-state index contributed by atoms with van der Waals surface area (Å²) < 4.78 is 0. The van der Waals surface area contributed by atoms with Crippen LogP contribution in [-0.2, 0) is 0 Å². The highest BCUT2D eigenvalue weighted by Gasteiger charge is 2.17. The second-order valence-electron chi connectivity index (χ2n) is 1.95. The smallest absolute Gasteiger partial charge is 0.111 e. The van der Waals surface area contributed by atoms with Crippen LogP contribution in [0.3, 0.4) is 0 Å². The quantitative estimate of drug-likeness (QED) is 0.478. The van der Waals surface area contributed by atoms with Crippen molar-refractivity contribution in [3.8, 4) is 0 Å². The van der Waals surface area contributed by atoms with Crippen molar-refractivity contribution in [2.45, 2.75) is 6.04 Å². The molecule has 1 aliphatic heterocycles. The molecule has 1 N–H and O–H groups in total. The maximum absolute atomic E-state index is 3.97. The van der Waals surface area contributed by atoms with E-state index in [4.69, 9.17) is 0 Å². The zero-order valence-electron chi connectivity index (χ0n) is 4.78. The van der Waals surface area contributed by atoms with E-state index < -0.39 is 0 Å². The molecule has 0 saturated heterocycles. The number of hydrogen-bond acceptors (Lipinski definition) is 2. The van der Waals surface area contributed by atoms with Crippen molar-refractivity contribution in [1.82, 2.24) is 11.0 Å². The van der Waals surface area contributed by atoms with Crippen LogP contribution < -0.4 is 11.0 Å². The fraction of sp³-hybridized carbons (Fsp3) is 0.167. The Hall–Kier alpha value is -1.09. The SMILES string of the molecule is C1=CC2=NN[N]C2C=C1. The molecule has 1 radical (unpaired) electrons. The van der Waals surface area contributed by atoms with E-state index in [9.17, 15) is 0 Å². The van der Waals surface area contributed by atoms with E-state index >= 15 is 0 Å². The van der Waals surface area contributed by atoms with Gasteiger partial charge in [0.05, 0.1) is 5.71 Å². The summed E-state index contributed by atoms with van der Waals surface area (Å²) in [5.74, 6) is 0. The average Bonchev–Trinajstić information content (AvgIpc) is 2.33. The Morgan fingerprint density at radius 2 is 2.44 bits per heavy atom. The molecule has 0 aromatic rings. The fourth-order valence-corrected chi connectivity index (χ4v) is 0.882. The van der Waals surface area contributed by atoms with Crippen LogP contribution in [0.4, 0.5) is 0 Å². The van der Waals surface area contributed by atoms with Gasteiger partial charge in [-0.25, -0.2) is 5.53 Å². The maximum atomic E-state index is 3.97. The summed E-state index contributed by atoms with van der Waals surface area (Å²) in [6.07, 6.45) is 7.88. The Bertz CT molecular complexity index is 200. The van der Waals surface area contributed by atoms with E-state index in [1.807, 2.05) is 24.3 Å². The number of rotatable bonds is 0. The number of fused-ring (bicyclic) bond motifs is 1. The summed E-state index contributed by atoms with van der Waals surface area (Å²) in [6, 6.07) is 0.162. The van der Waals surface area contributed by atoms with Gasteiger partial charge in [0.1, 0.15) is 6.04 Å². The zero-order valence-corrected chi connectivity index (χ0v) is 4.78. The third-order valence-electron chi connectivity index (χ3n) is 1.35. The van der Waals surface area contributed by atoms with Gasteiger partial charge in [0.25, 0.3) is 0 Å². The summed E-state index contributed by atoms with van der Waals surface area (Å²) in [7, 11) is 0. The van der Waals surface area contributed by atoms with Gasteiger partial charge in [-0.1, -0.05) is 18.2 Å². The van der Waals surface area contributed by atoms with Gasteiger partial charge in [-0.2, -0.15) is 5.10 Å². The minimum absolute atomic E-state index is 0.162. The highest BCUT2D eigenvalue weighted by molar-refractivity contribution is 6.02. The Morgan fingerprint density at radius 1 is 1.44 bits per heavy atom. The van der Waals surface area contributed by atoms with E-state index in [1.165, 1.54) is 0 Å². The standard InChI is InChI=1S/C6H6N3/c1-2-4-6-5(3-1)7-9-8-6/h1-5,9H. The van der Waals surface area contributed by atoms with Crippen LogP contribution in [0.25, 0.3) is 0 Å². The molecule has 9 heavy (non-hydrogen) atoms. The highest BCUT2D eigenvalue weighted by Crippen LogP contribution is 2.04. The first-order chi connectivity index (χ1) is 4.47. The molecule has 0 bridgehead atoms. The lowest BCUT2D eigenvalue weighted by Crippen LogP contribution is -2.25. The van der Waals surface area contributed by atoms with Crippen molar-refractivity contribution in [1.29, 1.82) is 0 Å². The second-order valence-corrected chi connectivity index (χ2v) is 1.95. The molecule has 1 heterocycles. The summed E-state index contributed by atoms with van der Waals surface area (Å²) in [4.78, 5) is 0.